The molecule has 2 rings (SSSR count). The van der Waals surface area contributed by atoms with E-state index in [4.69, 9.17) is 16.3 Å². The van der Waals surface area contributed by atoms with Crippen LogP contribution in [0.1, 0.15) is 30.2 Å². The minimum atomic E-state index is -0.972. The van der Waals surface area contributed by atoms with Crippen molar-refractivity contribution in [2.75, 3.05) is 18.5 Å². The third kappa shape index (κ3) is 5.45. The summed E-state index contributed by atoms with van der Waals surface area (Å²) in [5.74, 6) is 1.07. The summed E-state index contributed by atoms with van der Waals surface area (Å²) in [4.78, 5) is 22.4. The minimum absolute atomic E-state index is 0.259. The number of aryl methyl sites for hydroxylation is 3. The lowest BCUT2D eigenvalue weighted by atomic mass is 10.1. The Morgan fingerprint density at radius 2 is 2.08 bits per heavy atom. The number of nitrogens with zero attached hydrogens (tertiary/aromatic N) is 3. The third-order valence-electron chi connectivity index (χ3n) is 3.58. The van der Waals surface area contributed by atoms with Gasteiger partial charge < -0.3 is 10.1 Å². The third-order valence-corrected chi connectivity index (χ3v) is 4.04. The molecule has 1 aromatic heterocycles. The van der Waals surface area contributed by atoms with E-state index < -0.39 is 5.09 Å². The average molecular weight is 381 g/mol. The molecule has 1 aromatic carbocycles. The summed E-state index contributed by atoms with van der Waals surface area (Å²) in [6, 6.07) is 5.77. The highest BCUT2D eigenvalue weighted by molar-refractivity contribution is 6.33. The van der Waals surface area contributed by atoms with Crippen molar-refractivity contribution in [1.82, 2.24) is 9.97 Å². The van der Waals surface area contributed by atoms with E-state index in [1.165, 1.54) is 5.56 Å². The first-order chi connectivity index (χ1) is 12.4. The minimum Gasteiger partial charge on any atom is -0.491 e. The molecular formula is C17H21ClN4O4. The van der Waals surface area contributed by atoms with Crippen molar-refractivity contribution in [3.8, 4) is 11.8 Å². The van der Waals surface area contributed by atoms with Crippen LogP contribution in [0.2, 0.25) is 5.02 Å². The van der Waals surface area contributed by atoms with Crippen molar-refractivity contribution in [1.29, 1.82) is 0 Å². The van der Waals surface area contributed by atoms with Crippen molar-refractivity contribution in [3.05, 3.63) is 50.2 Å². The second-order valence-electron chi connectivity index (χ2n) is 5.69. The molecule has 0 aliphatic heterocycles. The number of ether oxygens (including phenoxy) is 1. The van der Waals surface area contributed by atoms with E-state index in [-0.39, 0.29) is 16.9 Å². The zero-order valence-electron chi connectivity index (χ0n) is 14.9. The summed E-state index contributed by atoms with van der Waals surface area (Å²) in [6.07, 6.45) is 2.15. The molecule has 0 fully saturated rings. The van der Waals surface area contributed by atoms with E-state index in [0.717, 1.165) is 24.2 Å². The number of anilines is 1. The summed E-state index contributed by atoms with van der Waals surface area (Å²) < 4.78 is 5.77. The van der Waals surface area contributed by atoms with Gasteiger partial charge in [0.2, 0.25) is 0 Å². The average Bonchev–Trinajstić information content (AvgIpc) is 2.57. The van der Waals surface area contributed by atoms with Gasteiger partial charge in [-0.3, -0.25) is 0 Å². The zero-order chi connectivity index (χ0) is 19.1. The molecule has 0 spiro atoms. The van der Waals surface area contributed by atoms with Crippen LogP contribution in [0.5, 0.6) is 11.8 Å². The van der Waals surface area contributed by atoms with E-state index in [1.54, 1.807) is 6.92 Å². The van der Waals surface area contributed by atoms with Gasteiger partial charge in [0, 0.05) is 0 Å². The summed E-state index contributed by atoms with van der Waals surface area (Å²) in [5, 5.41) is 12.7. The zero-order valence-corrected chi connectivity index (χ0v) is 15.7. The Hall–Kier alpha value is -2.61. The lowest BCUT2D eigenvalue weighted by molar-refractivity contribution is -0.713. The van der Waals surface area contributed by atoms with Gasteiger partial charge in [-0.05, 0) is 37.5 Å². The number of benzene rings is 1. The molecule has 0 saturated heterocycles. The van der Waals surface area contributed by atoms with Crippen LogP contribution in [-0.2, 0) is 6.42 Å². The molecule has 2 aromatic rings. The topological polar surface area (TPSA) is 99.4 Å². The van der Waals surface area contributed by atoms with Gasteiger partial charge in [0.1, 0.15) is 17.4 Å². The fourth-order valence-electron chi connectivity index (χ4n) is 2.41. The van der Waals surface area contributed by atoms with Crippen molar-refractivity contribution in [3.63, 3.8) is 0 Å². The Morgan fingerprint density at radius 3 is 2.73 bits per heavy atom. The highest BCUT2D eigenvalue weighted by atomic mass is 35.5. The van der Waals surface area contributed by atoms with Crippen molar-refractivity contribution < 1.29 is 14.7 Å². The summed E-state index contributed by atoms with van der Waals surface area (Å²) in [5.41, 5.74) is 2.75. The summed E-state index contributed by atoms with van der Waals surface area (Å²) >= 11 is 6.12. The van der Waals surface area contributed by atoms with Gasteiger partial charge in [0.25, 0.3) is 0 Å². The number of halogens is 1. The SMILES string of the molecule is CCCc1ccc(OCCNc2nc(O[N+](=O)[O-])nc(C)c2Cl)c(C)c1. The molecule has 0 radical (unpaired) electrons. The number of nitrogens with one attached hydrogen (secondary N) is 1. The van der Waals surface area contributed by atoms with E-state index in [9.17, 15) is 10.1 Å². The van der Waals surface area contributed by atoms with Gasteiger partial charge in [-0.1, -0.05) is 37.1 Å². The van der Waals surface area contributed by atoms with Gasteiger partial charge in [0.15, 0.2) is 5.82 Å². The fraction of sp³-hybridized carbons (Fsp3) is 0.412. The van der Waals surface area contributed by atoms with Crippen LogP contribution in [0.15, 0.2) is 18.2 Å². The van der Waals surface area contributed by atoms with Crippen LogP contribution in [0, 0.1) is 24.0 Å². The first-order valence-corrected chi connectivity index (χ1v) is 8.61. The molecule has 0 amide bonds. The molecule has 0 unspecified atom stereocenters. The van der Waals surface area contributed by atoms with Crippen LogP contribution in [0.3, 0.4) is 0 Å². The number of rotatable bonds is 9. The molecule has 0 saturated carbocycles. The van der Waals surface area contributed by atoms with Crippen LogP contribution in [-0.4, -0.2) is 28.2 Å². The molecule has 0 atom stereocenters. The molecule has 9 heteroatoms. The van der Waals surface area contributed by atoms with Gasteiger partial charge in [-0.15, -0.1) is 10.1 Å². The highest BCUT2D eigenvalue weighted by Gasteiger charge is 2.12. The van der Waals surface area contributed by atoms with E-state index in [0.29, 0.717) is 18.8 Å². The molecular weight excluding hydrogens is 360 g/mol. The van der Waals surface area contributed by atoms with Crippen LogP contribution >= 0.6 is 11.6 Å². The predicted octanol–water partition coefficient (Wildman–Crippen LogP) is 3.76. The highest BCUT2D eigenvalue weighted by Crippen LogP contribution is 2.25. The fourth-order valence-corrected chi connectivity index (χ4v) is 2.56. The lowest BCUT2D eigenvalue weighted by Gasteiger charge is -2.13. The number of aromatic nitrogens is 2. The van der Waals surface area contributed by atoms with E-state index in [1.807, 2.05) is 13.0 Å². The maximum Gasteiger partial charge on any atom is 0.311 e. The van der Waals surface area contributed by atoms with Crippen LogP contribution in [0.4, 0.5) is 5.82 Å². The summed E-state index contributed by atoms with van der Waals surface area (Å²) in [6.45, 7) is 6.55. The molecule has 140 valence electrons. The summed E-state index contributed by atoms with van der Waals surface area (Å²) in [7, 11) is 0. The Balaban J connectivity index is 1.93. The largest absolute Gasteiger partial charge is 0.491 e. The molecule has 1 N–H and O–H groups in total. The molecule has 0 aliphatic carbocycles. The van der Waals surface area contributed by atoms with Gasteiger partial charge >= 0.3 is 11.1 Å². The van der Waals surface area contributed by atoms with Crippen LogP contribution < -0.4 is 14.9 Å². The number of hydrogen-bond acceptors (Lipinski definition) is 7. The van der Waals surface area contributed by atoms with Crippen molar-refractivity contribution >= 4 is 17.4 Å². The lowest BCUT2D eigenvalue weighted by Crippen LogP contribution is -2.15. The molecule has 0 aliphatic rings. The molecule has 1 heterocycles. The Kier molecular flexibility index (Phi) is 6.97. The van der Waals surface area contributed by atoms with Crippen molar-refractivity contribution in [2.45, 2.75) is 33.6 Å². The second kappa shape index (κ2) is 9.19. The quantitative estimate of drug-likeness (QED) is 0.401. The van der Waals surface area contributed by atoms with Gasteiger partial charge in [-0.2, -0.15) is 4.98 Å². The smallest absolute Gasteiger partial charge is 0.311 e. The Labute approximate surface area is 156 Å². The maximum atomic E-state index is 10.4. The normalized spacial score (nSPS) is 10.5. The maximum absolute atomic E-state index is 10.4. The Bertz CT molecular complexity index is 786. The van der Waals surface area contributed by atoms with Crippen molar-refractivity contribution in [2.24, 2.45) is 0 Å². The number of hydrogen-bond donors (Lipinski definition) is 1. The van der Waals surface area contributed by atoms with Crippen LogP contribution in [0.25, 0.3) is 0 Å². The van der Waals surface area contributed by atoms with Gasteiger partial charge in [0.05, 0.1) is 12.2 Å². The first kappa shape index (κ1) is 19.7. The molecule has 26 heavy (non-hydrogen) atoms. The molecule has 0 bridgehead atoms. The van der Waals surface area contributed by atoms with Gasteiger partial charge in [-0.25, -0.2) is 9.82 Å². The standard InChI is InChI=1S/C17H21ClN4O4/c1-4-5-13-6-7-14(11(2)10-13)25-9-8-19-16-15(18)12(3)20-17(21-16)26-22(23)24/h6-7,10H,4-5,8-9H2,1-3H3,(H,19,20,21). The predicted molar refractivity (Wildman–Crippen MR) is 98.6 cm³/mol. The Morgan fingerprint density at radius 1 is 1.31 bits per heavy atom. The first-order valence-electron chi connectivity index (χ1n) is 8.23. The van der Waals surface area contributed by atoms with E-state index >= 15 is 0 Å². The monoisotopic (exact) mass is 380 g/mol. The molecule has 8 nitrogen and oxygen atoms in total. The van der Waals surface area contributed by atoms with E-state index in [2.05, 4.69) is 39.2 Å². The second-order valence-corrected chi connectivity index (χ2v) is 6.07.